The number of nitrogens with two attached hydrogens (primary N) is 1. The van der Waals surface area contributed by atoms with Crippen molar-refractivity contribution in [1.82, 2.24) is 10.2 Å². The summed E-state index contributed by atoms with van der Waals surface area (Å²) in [4.78, 5) is 24.2. The molecule has 15 heavy (non-hydrogen) atoms. The molecule has 0 aromatic carbocycles. The van der Waals surface area contributed by atoms with Gasteiger partial charge >= 0.3 is 0 Å². The molecule has 6 nitrogen and oxygen atoms in total. The third-order valence-corrected chi connectivity index (χ3v) is 2.10. The number of amides is 2. The highest BCUT2D eigenvalue weighted by molar-refractivity contribution is 5.85. The molecule has 1 fully saturated rings. The Morgan fingerprint density at radius 3 is 3.13 bits per heavy atom. The molecule has 1 aliphatic heterocycles. The number of carbonyl (C=O) groups is 2. The number of ether oxygens (including phenoxy) is 1. The summed E-state index contributed by atoms with van der Waals surface area (Å²) < 4.78 is 5.03. The fourth-order valence-electron chi connectivity index (χ4n) is 1.35. The van der Waals surface area contributed by atoms with Crippen molar-refractivity contribution in [1.29, 1.82) is 0 Å². The van der Waals surface area contributed by atoms with Crippen molar-refractivity contribution in [2.75, 3.05) is 39.4 Å². The lowest BCUT2D eigenvalue weighted by molar-refractivity contribution is -0.139. The maximum atomic E-state index is 11.6. The molecule has 0 atom stereocenters. The molecule has 2 amide bonds. The summed E-state index contributed by atoms with van der Waals surface area (Å²) in [5.74, 6) is -0.264. The van der Waals surface area contributed by atoms with Crippen LogP contribution in [0.1, 0.15) is 6.42 Å². The van der Waals surface area contributed by atoms with Gasteiger partial charge in [-0.2, -0.15) is 0 Å². The molecule has 3 N–H and O–H groups in total. The molecule has 1 saturated heterocycles. The lowest BCUT2D eigenvalue weighted by atomic mass is 10.4. The summed E-state index contributed by atoms with van der Waals surface area (Å²) >= 11 is 0. The largest absolute Gasteiger partial charge is 0.370 e. The van der Waals surface area contributed by atoms with Gasteiger partial charge in [0, 0.05) is 19.6 Å². The Hall–Kier alpha value is -1.14. The van der Waals surface area contributed by atoms with Crippen molar-refractivity contribution in [2.45, 2.75) is 6.42 Å². The van der Waals surface area contributed by atoms with E-state index in [1.807, 2.05) is 0 Å². The molecule has 0 aliphatic carbocycles. The molecular formula is C9H17N3O3. The Bertz CT molecular complexity index is 233. The lowest BCUT2D eigenvalue weighted by Gasteiger charge is -2.18. The van der Waals surface area contributed by atoms with E-state index in [9.17, 15) is 9.59 Å². The number of carbonyl (C=O) groups excluding carboxylic acids is 2. The van der Waals surface area contributed by atoms with Crippen molar-refractivity contribution in [3.8, 4) is 0 Å². The standard InChI is InChI=1S/C9H17N3O3/c10-2-5-15-7-9(14)12-4-1-3-11-8(13)6-12/h1-7,10H2,(H,11,13). The van der Waals surface area contributed by atoms with E-state index in [1.165, 1.54) is 4.90 Å². The smallest absolute Gasteiger partial charge is 0.249 e. The first-order valence-electron chi connectivity index (χ1n) is 5.06. The van der Waals surface area contributed by atoms with Gasteiger partial charge in [-0.25, -0.2) is 0 Å². The summed E-state index contributed by atoms with van der Waals surface area (Å²) in [5.41, 5.74) is 5.23. The molecule has 6 heteroatoms. The van der Waals surface area contributed by atoms with Gasteiger partial charge in [0.2, 0.25) is 11.8 Å². The maximum absolute atomic E-state index is 11.6. The maximum Gasteiger partial charge on any atom is 0.249 e. The molecule has 0 bridgehead atoms. The Morgan fingerprint density at radius 1 is 1.60 bits per heavy atom. The molecule has 1 rings (SSSR count). The van der Waals surface area contributed by atoms with Crippen LogP contribution in [0.15, 0.2) is 0 Å². The molecule has 0 spiro atoms. The minimum absolute atomic E-state index is 0.00444. The first-order chi connectivity index (χ1) is 7.24. The van der Waals surface area contributed by atoms with Gasteiger partial charge in [-0.05, 0) is 6.42 Å². The van der Waals surface area contributed by atoms with E-state index in [0.29, 0.717) is 26.2 Å². The van der Waals surface area contributed by atoms with Gasteiger partial charge in [-0.3, -0.25) is 9.59 Å². The zero-order valence-corrected chi connectivity index (χ0v) is 8.70. The first kappa shape index (κ1) is 11.9. The topological polar surface area (TPSA) is 84.7 Å². The predicted molar refractivity (Wildman–Crippen MR) is 54.1 cm³/mol. The first-order valence-corrected chi connectivity index (χ1v) is 5.06. The average Bonchev–Trinajstić information content (AvgIpc) is 2.43. The van der Waals surface area contributed by atoms with E-state index in [2.05, 4.69) is 5.32 Å². The van der Waals surface area contributed by atoms with Crippen LogP contribution in [-0.2, 0) is 14.3 Å². The van der Waals surface area contributed by atoms with Gasteiger partial charge in [0.1, 0.15) is 6.61 Å². The van der Waals surface area contributed by atoms with Crippen LogP contribution in [-0.4, -0.2) is 56.1 Å². The quantitative estimate of drug-likeness (QED) is 0.548. The van der Waals surface area contributed by atoms with Crippen molar-refractivity contribution in [3.63, 3.8) is 0 Å². The zero-order valence-electron chi connectivity index (χ0n) is 8.70. The van der Waals surface area contributed by atoms with Crippen LogP contribution in [0.5, 0.6) is 0 Å². The van der Waals surface area contributed by atoms with Gasteiger partial charge in [0.15, 0.2) is 0 Å². The summed E-state index contributed by atoms with van der Waals surface area (Å²) in [7, 11) is 0. The van der Waals surface area contributed by atoms with Crippen molar-refractivity contribution in [2.24, 2.45) is 5.73 Å². The van der Waals surface area contributed by atoms with Crippen LogP contribution in [0.25, 0.3) is 0 Å². The van der Waals surface area contributed by atoms with Gasteiger partial charge in [0.25, 0.3) is 0 Å². The summed E-state index contributed by atoms with van der Waals surface area (Å²) in [6, 6.07) is 0. The van der Waals surface area contributed by atoms with Crippen molar-refractivity contribution >= 4 is 11.8 Å². The number of rotatable bonds is 4. The number of hydrogen-bond donors (Lipinski definition) is 2. The van der Waals surface area contributed by atoms with Crippen LogP contribution >= 0.6 is 0 Å². The Labute approximate surface area is 88.7 Å². The van der Waals surface area contributed by atoms with Crippen LogP contribution in [0.3, 0.4) is 0 Å². The molecule has 0 aromatic rings. The van der Waals surface area contributed by atoms with Gasteiger partial charge in [0.05, 0.1) is 13.2 Å². The van der Waals surface area contributed by atoms with E-state index in [0.717, 1.165) is 6.42 Å². The van der Waals surface area contributed by atoms with E-state index >= 15 is 0 Å². The second-order valence-corrected chi connectivity index (χ2v) is 3.36. The summed E-state index contributed by atoms with van der Waals surface area (Å²) in [6.07, 6.45) is 0.786. The highest BCUT2D eigenvalue weighted by Crippen LogP contribution is 1.97. The molecule has 1 aliphatic rings. The van der Waals surface area contributed by atoms with Crippen LogP contribution in [0, 0.1) is 0 Å². The fraction of sp³-hybridized carbons (Fsp3) is 0.778. The second-order valence-electron chi connectivity index (χ2n) is 3.36. The van der Waals surface area contributed by atoms with E-state index in [-0.39, 0.29) is 25.0 Å². The molecule has 0 saturated carbocycles. The van der Waals surface area contributed by atoms with Crippen LogP contribution in [0.4, 0.5) is 0 Å². The van der Waals surface area contributed by atoms with E-state index in [1.54, 1.807) is 0 Å². The Morgan fingerprint density at radius 2 is 2.40 bits per heavy atom. The highest BCUT2D eigenvalue weighted by atomic mass is 16.5. The van der Waals surface area contributed by atoms with Crippen LogP contribution in [0.2, 0.25) is 0 Å². The molecule has 1 heterocycles. The molecule has 86 valence electrons. The predicted octanol–water partition coefficient (Wildman–Crippen LogP) is -1.69. The van der Waals surface area contributed by atoms with Gasteiger partial charge < -0.3 is 20.7 Å². The van der Waals surface area contributed by atoms with E-state index in [4.69, 9.17) is 10.5 Å². The number of nitrogens with zero attached hydrogens (tertiary/aromatic N) is 1. The third kappa shape index (κ3) is 4.26. The van der Waals surface area contributed by atoms with Gasteiger partial charge in [-0.1, -0.05) is 0 Å². The monoisotopic (exact) mass is 215 g/mol. The molecule has 0 unspecified atom stereocenters. The van der Waals surface area contributed by atoms with Crippen molar-refractivity contribution < 1.29 is 14.3 Å². The van der Waals surface area contributed by atoms with Crippen molar-refractivity contribution in [3.05, 3.63) is 0 Å². The second kappa shape index (κ2) is 6.36. The highest BCUT2D eigenvalue weighted by Gasteiger charge is 2.19. The minimum Gasteiger partial charge on any atom is -0.370 e. The average molecular weight is 215 g/mol. The molecular weight excluding hydrogens is 198 g/mol. The lowest BCUT2D eigenvalue weighted by Crippen LogP contribution is -2.39. The normalized spacial score (nSPS) is 17.1. The zero-order chi connectivity index (χ0) is 11.1. The fourth-order valence-corrected chi connectivity index (χ4v) is 1.35. The SMILES string of the molecule is NCCOCC(=O)N1CCCNC(=O)C1. The minimum atomic E-state index is -0.152. The summed E-state index contributed by atoms with van der Waals surface area (Å²) in [6.45, 7) is 2.13. The number of hydrogen-bond acceptors (Lipinski definition) is 4. The van der Waals surface area contributed by atoms with Gasteiger partial charge in [-0.15, -0.1) is 0 Å². The molecule has 0 radical (unpaired) electrons. The van der Waals surface area contributed by atoms with Crippen LogP contribution < -0.4 is 11.1 Å². The summed E-state index contributed by atoms with van der Waals surface area (Å²) in [5, 5.41) is 2.70. The Balaban J connectivity index is 2.33. The third-order valence-electron chi connectivity index (χ3n) is 2.10. The molecule has 0 aromatic heterocycles. The number of nitrogens with one attached hydrogen (secondary N) is 1. The van der Waals surface area contributed by atoms with E-state index < -0.39 is 0 Å². The Kier molecular flexibility index (Phi) is 5.06.